The van der Waals surface area contributed by atoms with Crippen LogP contribution in [0.2, 0.25) is 10.0 Å². The zero-order valence-electron chi connectivity index (χ0n) is 22.4. The predicted octanol–water partition coefficient (Wildman–Crippen LogP) is 5.82. The molecule has 0 spiro atoms. The van der Waals surface area contributed by atoms with Crippen LogP contribution in [0.1, 0.15) is 24.0 Å². The van der Waals surface area contributed by atoms with Gasteiger partial charge in [0.05, 0.1) is 10.6 Å². The molecule has 1 aliphatic rings. The molecular weight excluding hydrogens is 581 g/mol. The first-order valence-corrected chi connectivity index (χ1v) is 15.4. The quantitative estimate of drug-likeness (QED) is 0.245. The monoisotopic (exact) mass is 609 g/mol. The smallest absolute Gasteiger partial charge is 0.265 e. The number of carbonyl (C=O) groups excluding carboxylic acids is 2. The van der Waals surface area contributed by atoms with Crippen LogP contribution in [0, 0.1) is 0 Å². The average Bonchev–Trinajstić information content (AvgIpc) is 3.19. The molecule has 1 unspecified atom stereocenters. The van der Waals surface area contributed by atoms with Crippen LogP contribution in [-0.4, -0.2) is 44.8 Å². The van der Waals surface area contributed by atoms with Crippen LogP contribution >= 0.6 is 23.2 Å². The standard InChI is InChI=1S/C31H29Cl2N3O4S/c1-34-31(38)27(19-21-9-3-2-4-10-21)35(20-23-24(32)13-7-14-25(23)33)29(37)17-8-18-36-26-15-5-11-22-12-6-16-28(30(22)26)41(36,39)40/h2-7,9-16,27H,8,17-20H2,1H3,(H,34,38). The number of nitrogens with one attached hydrogen (secondary N) is 1. The maximum absolute atomic E-state index is 13.9. The van der Waals surface area contributed by atoms with E-state index in [0.717, 1.165) is 10.9 Å². The normalized spacial score (nSPS) is 14.2. The van der Waals surface area contributed by atoms with Crippen molar-refractivity contribution in [1.82, 2.24) is 10.2 Å². The second-order valence-corrected chi connectivity index (χ2v) is 12.5. The molecule has 4 aromatic rings. The maximum atomic E-state index is 13.9. The number of likely N-dealkylation sites (N-methyl/N-ethyl adjacent to an activating group) is 1. The number of rotatable bonds is 10. The molecule has 0 aliphatic carbocycles. The van der Waals surface area contributed by atoms with Crippen LogP contribution in [0.5, 0.6) is 0 Å². The molecule has 10 heteroatoms. The van der Waals surface area contributed by atoms with Crippen LogP contribution in [0.15, 0.2) is 89.8 Å². The molecule has 0 saturated carbocycles. The van der Waals surface area contributed by atoms with E-state index in [0.29, 0.717) is 26.7 Å². The summed E-state index contributed by atoms with van der Waals surface area (Å²) in [6, 6.07) is 24.4. The Balaban J connectivity index is 1.40. The fraction of sp³-hybridized carbons (Fsp3) is 0.226. The number of amides is 2. The van der Waals surface area contributed by atoms with E-state index < -0.39 is 16.1 Å². The highest BCUT2D eigenvalue weighted by molar-refractivity contribution is 7.93. The summed E-state index contributed by atoms with van der Waals surface area (Å²) in [4.78, 5) is 28.8. The van der Waals surface area contributed by atoms with Crippen molar-refractivity contribution < 1.29 is 18.0 Å². The third kappa shape index (κ3) is 5.77. The molecule has 1 N–H and O–H groups in total. The lowest BCUT2D eigenvalue weighted by molar-refractivity contribution is -0.141. The van der Waals surface area contributed by atoms with Gasteiger partial charge >= 0.3 is 0 Å². The van der Waals surface area contributed by atoms with Gasteiger partial charge in [-0.25, -0.2) is 8.42 Å². The highest BCUT2D eigenvalue weighted by Crippen LogP contribution is 2.42. The average molecular weight is 611 g/mol. The Hall–Kier alpha value is -3.59. The summed E-state index contributed by atoms with van der Waals surface area (Å²) in [6.07, 6.45) is 0.551. The van der Waals surface area contributed by atoms with Crippen molar-refractivity contribution in [1.29, 1.82) is 0 Å². The fourth-order valence-electron chi connectivity index (χ4n) is 5.29. The molecule has 1 atom stereocenters. The Morgan fingerprint density at radius 2 is 1.56 bits per heavy atom. The van der Waals surface area contributed by atoms with E-state index in [1.807, 2.05) is 48.5 Å². The van der Waals surface area contributed by atoms with Gasteiger partial charge in [0, 0.05) is 54.0 Å². The van der Waals surface area contributed by atoms with Gasteiger partial charge in [-0.15, -0.1) is 0 Å². The molecule has 0 aromatic heterocycles. The van der Waals surface area contributed by atoms with Crippen molar-refractivity contribution in [3.8, 4) is 0 Å². The van der Waals surface area contributed by atoms with Crippen LogP contribution in [0.3, 0.4) is 0 Å². The zero-order valence-corrected chi connectivity index (χ0v) is 24.7. The van der Waals surface area contributed by atoms with E-state index in [4.69, 9.17) is 23.2 Å². The van der Waals surface area contributed by atoms with Gasteiger partial charge in [0.25, 0.3) is 10.0 Å². The lowest BCUT2D eigenvalue weighted by Crippen LogP contribution is -2.49. The molecule has 1 heterocycles. The lowest BCUT2D eigenvalue weighted by Gasteiger charge is -2.32. The summed E-state index contributed by atoms with van der Waals surface area (Å²) in [5, 5.41) is 5.00. The SMILES string of the molecule is CNC(=O)C(Cc1ccccc1)N(Cc1c(Cl)cccc1Cl)C(=O)CCCN1c2cccc3cccc(c23)S1(=O)=O. The minimum Gasteiger partial charge on any atom is -0.357 e. The summed E-state index contributed by atoms with van der Waals surface area (Å²) in [5.74, 6) is -0.632. The molecule has 2 amide bonds. The van der Waals surface area contributed by atoms with E-state index >= 15 is 0 Å². The summed E-state index contributed by atoms with van der Waals surface area (Å²) in [7, 11) is -2.21. The van der Waals surface area contributed by atoms with E-state index in [1.54, 1.807) is 36.4 Å². The van der Waals surface area contributed by atoms with Gasteiger partial charge in [0.15, 0.2) is 0 Å². The molecule has 1 aliphatic heterocycles. The van der Waals surface area contributed by atoms with E-state index in [2.05, 4.69) is 5.32 Å². The number of anilines is 1. The van der Waals surface area contributed by atoms with E-state index in [9.17, 15) is 18.0 Å². The Kier molecular flexibility index (Phi) is 8.54. The largest absolute Gasteiger partial charge is 0.357 e. The molecule has 212 valence electrons. The first kappa shape index (κ1) is 28.9. The molecule has 0 bridgehead atoms. The zero-order chi connectivity index (χ0) is 29.1. The predicted molar refractivity (Wildman–Crippen MR) is 163 cm³/mol. The van der Waals surface area contributed by atoms with E-state index in [-0.39, 0.29) is 49.1 Å². The molecule has 0 radical (unpaired) electrons. The van der Waals surface area contributed by atoms with Crippen molar-refractivity contribution >= 4 is 61.5 Å². The minimum atomic E-state index is -3.74. The van der Waals surface area contributed by atoms with Gasteiger partial charge in [0.2, 0.25) is 11.8 Å². The van der Waals surface area contributed by atoms with Crippen molar-refractivity contribution in [2.24, 2.45) is 0 Å². The second-order valence-electron chi connectivity index (χ2n) is 9.85. The Labute approximate surface area is 249 Å². The summed E-state index contributed by atoms with van der Waals surface area (Å²) >= 11 is 12.9. The van der Waals surface area contributed by atoms with Crippen LogP contribution in [-0.2, 0) is 32.6 Å². The van der Waals surface area contributed by atoms with Gasteiger partial charge < -0.3 is 10.2 Å². The highest BCUT2D eigenvalue weighted by Gasteiger charge is 2.36. The summed E-state index contributed by atoms with van der Waals surface area (Å²) in [5.41, 5.74) is 2.03. The highest BCUT2D eigenvalue weighted by atomic mass is 35.5. The number of hydrogen-bond acceptors (Lipinski definition) is 4. The van der Waals surface area contributed by atoms with Crippen LogP contribution in [0.4, 0.5) is 5.69 Å². The first-order valence-electron chi connectivity index (χ1n) is 13.2. The minimum absolute atomic E-state index is 0.0166. The van der Waals surface area contributed by atoms with Crippen molar-refractivity contribution in [3.63, 3.8) is 0 Å². The topological polar surface area (TPSA) is 86.8 Å². The molecular formula is C31H29Cl2N3O4S. The molecule has 7 nitrogen and oxygen atoms in total. The Bertz CT molecular complexity index is 1690. The van der Waals surface area contributed by atoms with Crippen LogP contribution < -0.4 is 9.62 Å². The van der Waals surface area contributed by atoms with E-state index in [1.165, 1.54) is 16.3 Å². The van der Waals surface area contributed by atoms with Gasteiger partial charge in [0.1, 0.15) is 6.04 Å². The van der Waals surface area contributed by atoms with Gasteiger partial charge in [-0.05, 0) is 41.6 Å². The third-order valence-electron chi connectivity index (χ3n) is 7.34. The summed E-state index contributed by atoms with van der Waals surface area (Å²) in [6.45, 7) is 0.140. The number of benzene rings is 4. The lowest BCUT2D eigenvalue weighted by atomic mass is 10.0. The fourth-order valence-corrected chi connectivity index (χ4v) is 7.56. The number of halogens is 2. The van der Waals surface area contributed by atoms with Crippen molar-refractivity contribution in [2.75, 3.05) is 17.9 Å². The molecule has 5 rings (SSSR count). The molecule has 41 heavy (non-hydrogen) atoms. The molecule has 0 saturated heterocycles. The Morgan fingerprint density at radius 3 is 2.24 bits per heavy atom. The van der Waals surface area contributed by atoms with Gasteiger partial charge in [-0.3, -0.25) is 13.9 Å². The van der Waals surface area contributed by atoms with Crippen molar-refractivity contribution in [2.45, 2.75) is 36.7 Å². The molecule has 0 fully saturated rings. The number of nitrogens with zero attached hydrogens (tertiary/aromatic N) is 2. The first-order chi connectivity index (χ1) is 19.7. The number of sulfonamides is 1. The van der Waals surface area contributed by atoms with Crippen molar-refractivity contribution in [3.05, 3.63) is 106 Å². The number of hydrogen-bond donors (Lipinski definition) is 1. The van der Waals surface area contributed by atoms with Crippen LogP contribution in [0.25, 0.3) is 10.8 Å². The third-order valence-corrected chi connectivity index (χ3v) is 9.90. The maximum Gasteiger partial charge on any atom is 0.265 e. The van der Waals surface area contributed by atoms with Gasteiger partial charge in [-0.2, -0.15) is 0 Å². The second kappa shape index (κ2) is 12.1. The molecule has 4 aromatic carbocycles. The number of carbonyl (C=O) groups is 2. The summed E-state index contributed by atoms with van der Waals surface area (Å²) < 4.78 is 28.1. The Morgan fingerprint density at radius 1 is 0.902 bits per heavy atom. The van der Waals surface area contributed by atoms with Gasteiger partial charge in [-0.1, -0.05) is 83.9 Å².